The summed E-state index contributed by atoms with van der Waals surface area (Å²) in [5.41, 5.74) is 1.35. The number of rotatable bonds is 8. The summed E-state index contributed by atoms with van der Waals surface area (Å²) in [6, 6.07) is 3.48. The minimum atomic E-state index is -0.268. The van der Waals surface area contributed by atoms with Gasteiger partial charge in [-0.15, -0.1) is 11.3 Å². The minimum Gasteiger partial charge on any atom is -0.480 e. The van der Waals surface area contributed by atoms with Gasteiger partial charge in [-0.2, -0.15) is 4.98 Å². The van der Waals surface area contributed by atoms with Gasteiger partial charge in [0.2, 0.25) is 11.8 Å². The molecule has 2 N–H and O–H groups in total. The second-order valence-corrected chi connectivity index (χ2v) is 7.11. The lowest BCUT2D eigenvalue weighted by Gasteiger charge is -2.06. The van der Waals surface area contributed by atoms with E-state index in [0.29, 0.717) is 32.5 Å². The van der Waals surface area contributed by atoms with Crippen LogP contribution in [0.25, 0.3) is 10.2 Å². The fourth-order valence-electron chi connectivity index (χ4n) is 2.73. The molecule has 0 fully saturated rings. The molecule has 10 heteroatoms. The van der Waals surface area contributed by atoms with Gasteiger partial charge >= 0.3 is 0 Å². The zero-order valence-electron chi connectivity index (χ0n) is 16.3. The molecule has 0 atom stereocenters. The van der Waals surface area contributed by atoms with E-state index in [1.165, 1.54) is 18.4 Å². The molecule has 0 aliphatic carbocycles. The van der Waals surface area contributed by atoms with Crippen LogP contribution in [0, 0.1) is 6.92 Å². The van der Waals surface area contributed by atoms with Crippen LogP contribution >= 0.6 is 11.3 Å². The van der Waals surface area contributed by atoms with Gasteiger partial charge in [-0.1, -0.05) is 0 Å². The Bertz CT molecular complexity index is 1020. The molecule has 0 saturated carbocycles. The highest BCUT2D eigenvalue weighted by molar-refractivity contribution is 7.20. The minimum absolute atomic E-state index is 0.145. The normalized spacial score (nSPS) is 10.7. The van der Waals surface area contributed by atoms with Crippen molar-refractivity contribution in [3.8, 4) is 5.88 Å². The lowest BCUT2D eigenvalue weighted by Crippen LogP contribution is -2.27. The number of ether oxygens (including phenoxy) is 2. The van der Waals surface area contributed by atoms with Gasteiger partial charge in [0, 0.05) is 26.3 Å². The second kappa shape index (κ2) is 9.39. The quantitative estimate of drug-likeness (QED) is 0.580. The van der Waals surface area contributed by atoms with Crippen LogP contribution in [-0.2, 0) is 16.1 Å². The van der Waals surface area contributed by atoms with Gasteiger partial charge in [-0.25, -0.2) is 4.98 Å². The highest BCUT2D eigenvalue weighted by Gasteiger charge is 2.21. The highest BCUT2D eigenvalue weighted by Crippen LogP contribution is 2.35. The van der Waals surface area contributed by atoms with Crippen LogP contribution in [0.5, 0.6) is 5.88 Å². The number of nitrogens with zero attached hydrogens (tertiary/aromatic N) is 3. The van der Waals surface area contributed by atoms with E-state index in [0.717, 1.165) is 5.56 Å². The molecule has 152 valence electrons. The zero-order chi connectivity index (χ0) is 20.8. The van der Waals surface area contributed by atoms with E-state index < -0.39 is 0 Å². The van der Waals surface area contributed by atoms with E-state index in [4.69, 9.17) is 9.47 Å². The van der Waals surface area contributed by atoms with Gasteiger partial charge in [0.1, 0.15) is 11.4 Å². The summed E-state index contributed by atoms with van der Waals surface area (Å²) in [4.78, 5) is 38.5. The first-order valence-electron chi connectivity index (χ1n) is 8.84. The molecule has 3 aromatic rings. The molecule has 3 heterocycles. The average Bonchev–Trinajstić information content (AvgIpc) is 3.05. The van der Waals surface area contributed by atoms with Crippen LogP contribution in [0.1, 0.15) is 27.5 Å². The maximum absolute atomic E-state index is 12.6. The molecule has 0 saturated heterocycles. The summed E-state index contributed by atoms with van der Waals surface area (Å²) in [5, 5.41) is 6.21. The predicted octanol–water partition coefficient (Wildman–Crippen LogP) is 2.31. The van der Waals surface area contributed by atoms with Crippen molar-refractivity contribution in [2.45, 2.75) is 20.0 Å². The van der Waals surface area contributed by atoms with Gasteiger partial charge in [0.15, 0.2) is 5.82 Å². The topological polar surface area (TPSA) is 115 Å². The average molecular weight is 415 g/mol. The highest BCUT2D eigenvalue weighted by atomic mass is 32.1. The Kier molecular flexibility index (Phi) is 6.68. The van der Waals surface area contributed by atoms with Crippen molar-refractivity contribution in [1.29, 1.82) is 0 Å². The Balaban J connectivity index is 1.67. The van der Waals surface area contributed by atoms with Crippen molar-refractivity contribution in [1.82, 2.24) is 20.3 Å². The molecule has 0 unspecified atom stereocenters. The number of pyridine rings is 1. The van der Waals surface area contributed by atoms with Gasteiger partial charge in [0.25, 0.3) is 5.91 Å². The number of hydrogen-bond acceptors (Lipinski definition) is 8. The molecule has 29 heavy (non-hydrogen) atoms. The van der Waals surface area contributed by atoms with Crippen LogP contribution in [0.3, 0.4) is 0 Å². The van der Waals surface area contributed by atoms with E-state index in [9.17, 15) is 9.59 Å². The number of carbonyl (C=O) groups is 2. The zero-order valence-corrected chi connectivity index (χ0v) is 17.1. The Morgan fingerprint density at radius 1 is 1.24 bits per heavy atom. The van der Waals surface area contributed by atoms with Crippen LogP contribution in [0.2, 0.25) is 0 Å². The molecule has 2 amide bonds. The number of anilines is 1. The molecule has 0 aliphatic heterocycles. The molecule has 0 radical (unpaired) electrons. The summed E-state index contributed by atoms with van der Waals surface area (Å²) >= 11 is 1.26. The Morgan fingerprint density at radius 3 is 2.76 bits per heavy atom. The number of thiophene rings is 1. The molecule has 9 nitrogen and oxygen atoms in total. The van der Waals surface area contributed by atoms with E-state index in [-0.39, 0.29) is 31.4 Å². The van der Waals surface area contributed by atoms with Crippen LogP contribution < -0.4 is 15.4 Å². The first-order valence-corrected chi connectivity index (χ1v) is 9.66. The Morgan fingerprint density at radius 2 is 2.07 bits per heavy atom. The van der Waals surface area contributed by atoms with Gasteiger partial charge in [-0.05, 0) is 24.6 Å². The number of aryl methyl sites for hydroxylation is 1. The molecule has 0 aromatic carbocycles. The van der Waals surface area contributed by atoms with Crippen molar-refractivity contribution in [2.75, 3.05) is 26.1 Å². The number of aromatic nitrogens is 3. The standard InChI is InChI=1S/C19H21N5O4S/c1-11-15-18(28-3)23-13(10-27-2)24-19(15)29-16(11)17(26)21-8-6-14(25)22-12-5-4-7-20-9-12/h4-5,7,9H,6,8,10H2,1-3H3,(H,21,26)(H,22,25). The van der Waals surface area contributed by atoms with Crippen molar-refractivity contribution in [3.63, 3.8) is 0 Å². The second-order valence-electron chi connectivity index (χ2n) is 6.11. The van der Waals surface area contributed by atoms with E-state index >= 15 is 0 Å². The van der Waals surface area contributed by atoms with Crippen molar-refractivity contribution in [3.05, 3.63) is 40.8 Å². The third-order valence-electron chi connectivity index (χ3n) is 4.06. The Hall–Kier alpha value is -3.11. The maximum atomic E-state index is 12.6. The lowest BCUT2D eigenvalue weighted by atomic mass is 10.2. The Labute approximate surface area is 171 Å². The number of carbonyl (C=O) groups excluding carboxylic acids is 2. The van der Waals surface area contributed by atoms with Crippen molar-refractivity contribution >= 4 is 39.1 Å². The number of hydrogen-bond donors (Lipinski definition) is 2. The summed E-state index contributed by atoms with van der Waals surface area (Å²) in [6.45, 7) is 2.28. The molecule has 0 spiro atoms. The smallest absolute Gasteiger partial charge is 0.261 e. The van der Waals surface area contributed by atoms with Gasteiger partial charge in [-0.3, -0.25) is 14.6 Å². The number of fused-ring (bicyclic) bond motifs is 1. The summed E-state index contributed by atoms with van der Waals surface area (Å²) < 4.78 is 10.4. The van der Waals surface area contributed by atoms with Crippen molar-refractivity contribution < 1.29 is 19.1 Å². The summed E-state index contributed by atoms with van der Waals surface area (Å²) in [5.74, 6) is 0.418. The summed E-state index contributed by atoms with van der Waals surface area (Å²) in [7, 11) is 3.08. The lowest BCUT2D eigenvalue weighted by molar-refractivity contribution is -0.116. The molecule has 0 aliphatic rings. The third kappa shape index (κ3) is 4.84. The molecular weight excluding hydrogens is 394 g/mol. The largest absolute Gasteiger partial charge is 0.480 e. The number of nitrogens with one attached hydrogen (secondary N) is 2. The number of methoxy groups -OCH3 is 2. The van der Waals surface area contributed by atoms with Crippen molar-refractivity contribution in [2.24, 2.45) is 0 Å². The first-order chi connectivity index (χ1) is 14.0. The maximum Gasteiger partial charge on any atom is 0.261 e. The van der Waals surface area contributed by atoms with Crippen LogP contribution in [0.4, 0.5) is 5.69 Å². The fraction of sp³-hybridized carbons (Fsp3) is 0.316. The molecular formula is C19H21N5O4S. The third-order valence-corrected chi connectivity index (χ3v) is 5.24. The van der Waals surface area contributed by atoms with Gasteiger partial charge in [0.05, 0.1) is 29.3 Å². The summed E-state index contributed by atoms with van der Waals surface area (Å²) in [6.07, 6.45) is 3.33. The van der Waals surface area contributed by atoms with Crippen LogP contribution in [0.15, 0.2) is 24.5 Å². The number of amides is 2. The van der Waals surface area contributed by atoms with E-state index in [2.05, 4.69) is 25.6 Å². The fourth-order valence-corrected chi connectivity index (χ4v) is 3.84. The van der Waals surface area contributed by atoms with Gasteiger partial charge < -0.3 is 20.1 Å². The van der Waals surface area contributed by atoms with E-state index in [1.807, 2.05) is 6.92 Å². The van der Waals surface area contributed by atoms with Crippen LogP contribution in [-0.4, -0.2) is 47.5 Å². The van der Waals surface area contributed by atoms with E-state index in [1.54, 1.807) is 31.6 Å². The molecule has 3 aromatic heterocycles. The molecule has 0 bridgehead atoms. The predicted molar refractivity (Wildman–Crippen MR) is 109 cm³/mol. The monoisotopic (exact) mass is 415 g/mol. The first kappa shape index (κ1) is 20.6. The SMILES string of the molecule is COCc1nc(OC)c2c(C)c(C(=O)NCCC(=O)Nc3cccnc3)sc2n1. The molecule has 3 rings (SSSR count).